The van der Waals surface area contributed by atoms with Crippen LogP contribution in [-0.4, -0.2) is 8.42 Å². The van der Waals surface area contributed by atoms with Crippen molar-refractivity contribution in [2.24, 2.45) is 5.14 Å². The fourth-order valence-corrected chi connectivity index (χ4v) is 2.48. The van der Waals surface area contributed by atoms with Crippen molar-refractivity contribution >= 4 is 10.0 Å². The zero-order valence-electron chi connectivity index (χ0n) is 9.42. The Morgan fingerprint density at radius 2 is 1.65 bits per heavy atom. The second kappa shape index (κ2) is 4.31. The second-order valence-electron chi connectivity index (χ2n) is 3.91. The van der Waals surface area contributed by atoms with Crippen LogP contribution < -0.4 is 5.14 Å². The molecule has 0 spiro atoms. The van der Waals surface area contributed by atoms with Crippen LogP contribution in [0.4, 0.5) is 0 Å². The first kappa shape index (κ1) is 11.8. The predicted molar refractivity (Wildman–Crippen MR) is 68.0 cm³/mol. The number of aryl methyl sites for hydroxylation is 1. The summed E-state index contributed by atoms with van der Waals surface area (Å²) in [5, 5.41) is 5.22. The van der Waals surface area contributed by atoms with Crippen molar-refractivity contribution in [3.63, 3.8) is 0 Å². The van der Waals surface area contributed by atoms with Gasteiger partial charge >= 0.3 is 0 Å². The molecule has 0 aliphatic rings. The average molecular weight is 247 g/mol. The lowest BCUT2D eigenvalue weighted by Crippen LogP contribution is -2.13. The topological polar surface area (TPSA) is 60.2 Å². The standard InChI is InChI=1S/C13H13NO2S/c1-10-7-8-13(17(14,15)16)12(9-10)11-5-3-2-4-6-11/h2-9H,1H3,(H2,14,15,16). The first-order valence-electron chi connectivity index (χ1n) is 5.17. The van der Waals surface area contributed by atoms with Crippen molar-refractivity contribution in [3.05, 3.63) is 54.1 Å². The highest BCUT2D eigenvalue weighted by molar-refractivity contribution is 7.89. The predicted octanol–water partition coefficient (Wildman–Crippen LogP) is 2.31. The molecule has 0 heterocycles. The highest BCUT2D eigenvalue weighted by Gasteiger charge is 2.14. The summed E-state index contributed by atoms with van der Waals surface area (Å²) in [6, 6.07) is 14.5. The van der Waals surface area contributed by atoms with E-state index in [-0.39, 0.29) is 4.90 Å². The van der Waals surface area contributed by atoms with Gasteiger partial charge in [0, 0.05) is 5.56 Å². The summed E-state index contributed by atoms with van der Waals surface area (Å²) < 4.78 is 23.0. The first-order chi connectivity index (χ1) is 7.98. The van der Waals surface area contributed by atoms with E-state index in [4.69, 9.17) is 5.14 Å². The van der Waals surface area contributed by atoms with Gasteiger partial charge in [0.2, 0.25) is 10.0 Å². The van der Waals surface area contributed by atoms with Gasteiger partial charge in [0.15, 0.2) is 0 Å². The van der Waals surface area contributed by atoms with Crippen LogP contribution >= 0.6 is 0 Å². The molecule has 0 bridgehead atoms. The highest BCUT2D eigenvalue weighted by Crippen LogP contribution is 2.27. The minimum atomic E-state index is -3.70. The van der Waals surface area contributed by atoms with Gasteiger partial charge in [-0.3, -0.25) is 0 Å². The number of primary sulfonamides is 1. The molecular weight excluding hydrogens is 234 g/mol. The zero-order valence-corrected chi connectivity index (χ0v) is 10.2. The molecule has 3 nitrogen and oxygen atoms in total. The Labute approximate surface area is 101 Å². The molecule has 0 atom stereocenters. The van der Waals surface area contributed by atoms with Crippen LogP contribution in [0.5, 0.6) is 0 Å². The van der Waals surface area contributed by atoms with Crippen molar-refractivity contribution in [1.82, 2.24) is 0 Å². The summed E-state index contributed by atoms with van der Waals surface area (Å²) in [6.07, 6.45) is 0. The molecule has 4 heteroatoms. The Morgan fingerprint density at radius 1 is 1.00 bits per heavy atom. The maximum atomic E-state index is 11.5. The van der Waals surface area contributed by atoms with Gasteiger partial charge in [-0.2, -0.15) is 0 Å². The van der Waals surface area contributed by atoms with Crippen molar-refractivity contribution in [2.45, 2.75) is 11.8 Å². The van der Waals surface area contributed by atoms with Gasteiger partial charge in [-0.15, -0.1) is 0 Å². The third-order valence-corrected chi connectivity index (χ3v) is 3.50. The Bertz CT molecular complexity index is 634. The quantitative estimate of drug-likeness (QED) is 0.885. The minimum Gasteiger partial charge on any atom is -0.225 e. The first-order valence-corrected chi connectivity index (χ1v) is 6.72. The Balaban J connectivity index is 2.72. The lowest BCUT2D eigenvalue weighted by atomic mass is 10.0. The minimum absolute atomic E-state index is 0.161. The lowest BCUT2D eigenvalue weighted by molar-refractivity contribution is 0.598. The van der Waals surface area contributed by atoms with E-state index in [2.05, 4.69) is 0 Å². The maximum absolute atomic E-state index is 11.5. The number of benzene rings is 2. The number of nitrogens with two attached hydrogens (primary N) is 1. The third-order valence-electron chi connectivity index (χ3n) is 2.53. The molecule has 0 aromatic heterocycles. The highest BCUT2D eigenvalue weighted by atomic mass is 32.2. The summed E-state index contributed by atoms with van der Waals surface area (Å²) in [5.74, 6) is 0. The van der Waals surface area contributed by atoms with Gasteiger partial charge in [0.1, 0.15) is 0 Å². The molecule has 0 unspecified atom stereocenters. The molecule has 0 amide bonds. The Morgan fingerprint density at radius 3 is 2.24 bits per heavy atom. The van der Waals surface area contributed by atoms with Crippen LogP contribution in [0.15, 0.2) is 53.4 Å². The van der Waals surface area contributed by atoms with Crippen molar-refractivity contribution in [3.8, 4) is 11.1 Å². The summed E-state index contributed by atoms with van der Waals surface area (Å²) in [5.41, 5.74) is 2.49. The van der Waals surface area contributed by atoms with Gasteiger partial charge < -0.3 is 0 Å². The Kier molecular flexibility index (Phi) is 3.00. The van der Waals surface area contributed by atoms with E-state index in [0.29, 0.717) is 5.56 Å². The monoisotopic (exact) mass is 247 g/mol. The van der Waals surface area contributed by atoms with Crippen LogP contribution in [0, 0.1) is 6.92 Å². The van der Waals surface area contributed by atoms with E-state index < -0.39 is 10.0 Å². The average Bonchev–Trinajstić information content (AvgIpc) is 2.28. The molecule has 0 fully saturated rings. The molecule has 0 aliphatic carbocycles. The largest absolute Gasteiger partial charge is 0.238 e. The van der Waals surface area contributed by atoms with E-state index in [0.717, 1.165) is 11.1 Å². The number of sulfonamides is 1. The van der Waals surface area contributed by atoms with E-state index >= 15 is 0 Å². The third kappa shape index (κ3) is 2.54. The van der Waals surface area contributed by atoms with E-state index in [1.165, 1.54) is 0 Å². The second-order valence-corrected chi connectivity index (χ2v) is 5.44. The summed E-state index contributed by atoms with van der Waals surface area (Å²) in [7, 11) is -3.70. The zero-order chi connectivity index (χ0) is 12.5. The lowest BCUT2D eigenvalue weighted by Gasteiger charge is -2.08. The summed E-state index contributed by atoms with van der Waals surface area (Å²) in [6.45, 7) is 1.92. The molecule has 0 saturated carbocycles. The van der Waals surface area contributed by atoms with Crippen molar-refractivity contribution in [1.29, 1.82) is 0 Å². The summed E-state index contributed by atoms with van der Waals surface area (Å²) >= 11 is 0. The fourth-order valence-electron chi connectivity index (χ4n) is 1.74. The number of hydrogen-bond donors (Lipinski definition) is 1. The van der Waals surface area contributed by atoms with Crippen LogP contribution in [0.2, 0.25) is 0 Å². The molecule has 88 valence electrons. The number of hydrogen-bond acceptors (Lipinski definition) is 2. The molecule has 0 radical (unpaired) electrons. The molecule has 0 aliphatic heterocycles. The molecule has 17 heavy (non-hydrogen) atoms. The van der Waals surface area contributed by atoms with Gasteiger partial charge in [-0.1, -0.05) is 48.0 Å². The summed E-state index contributed by atoms with van der Waals surface area (Å²) in [4.78, 5) is 0.161. The number of rotatable bonds is 2. The fraction of sp³-hybridized carbons (Fsp3) is 0.0769. The normalized spacial score (nSPS) is 11.4. The van der Waals surface area contributed by atoms with E-state index in [9.17, 15) is 8.42 Å². The molecule has 2 aromatic rings. The van der Waals surface area contributed by atoms with Gasteiger partial charge in [-0.05, 0) is 18.6 Å². The molecule has 2 aromatic carbocycles. The Hall–Kier alpha value is -1.65. The molecular formula is C13H13NO2S. The molecule has 2 N–H and O–H groups in total. The maximum Gasteiger partial charge on any atom is 0.238 e. The van der Waals surface area contributed by atoms with Crippen LogP contribution in [-0.2, 0) is 10.0 Å². The molecule has 0 saturated heterocycles. The van der Waals surface area contributed by atoms with Crippen molar-refractivity contribution in [2.75, 3.05) is 0 Å². The molecule has 2 rings (SSSR count). The van der Waals surface area contributed by atoms with Crippen molar-refractivity contribution < 1.29 is 8.42 Å². The SMILES string of the molecule is Cc1ccc(S(N)(=O)=O)c(-c2ccccc2)c1. The van der Waals surface area contributed by atoms with Gasteiger partial charge in [0.25, 0.3) is 0 Å². The van der Waals surface area contributed by atoms with Crippen LogP contribution in [0.25, 0.3) is 11.1 Å². The van der Waals surface area contributed by atoms with Crippen LogP contribution in [0.1, 0.15) is 5.56 Å². The van der Waals surface area contributed by atoms with Crippen LogP contribution in [0.3, 0.4) is 0 Å². The van der Waals surface area contributed by atoms with Gasteiger partial charge in [0.05, 0.1) is 4.90 Å². The van der Waals surface area contributed by atoms with Gasteiger partial charge in [-0.25, -0.2) is 13.6 Å². The smallest absolute Gasteiger partial charge is 0.225 e. The van der Waals surface area contributed by atoms with E-state index in [1.807, 2.05) is 43.3 Å². The van der Waals surface area contributed by atoms with E-state index in [1.54, 1.807) is 12.1 Å².